The number of likely N-dealkylation sites (tertiary alicyclic amines) is 2. The van der Waals surface area contributed by atoms with E-state index in [1.54, 1.807) is 12.1 Å². The minimum Gasteiger partial charge on any atom is -0.455 e. The minimum absolute atomic E-state index is 0.00629. The van der Waals surface area contributed by atoms with Gasteiger partial charge < -0.3 is 20.0 Å². The van der Waals surface area contributed by atoms with Crippen LogP contribution in [0.3, 0.4) is 0 Å². The maximum Gasteiger partial charge on any atom is 0.289 e. The number of carbonyl (C=O) groups excluding carboxylic acids is 1. The van der Waals surface area contributed by atoms with Gasteiger partial charge in [0.1, 0.15) is 5.76 Å². The number of piperidine rings is 2. The summed E-state index contributed by atoms with van der Waals surface area (Å²) in [6.07, 6.45) is 6.18. The summed E-state index contributed by atoms with van der Waals surface area (Å²) in [7, 11) is 0. The first kappa shape index (κ1) is 14.6. The second-order valence-corrected chi connectivity index (χ2v) is 6.09. The normalized spacial score (nSPS) is 21.7. The molecule has 5 nitrogen and oxygen atoms in total. The van der Waals surface area contributed by atoms with Gasteiger partial charge in [-0.25, -0.2) is 0 Å². The van der Waals surface area contributed by atoms with Crippen LogP contribution in [0.25, 0.3) is 0 Å². The average Bonchev–Trinajstić information content (AvgIpc) is 3.04. The highest BCUT2D eigenvalue weighted by Gasteiger charge is 2.28. The molecule has 3 rings (SSSR count). The number of amides is 1. The first-order valence-corrected chi connectivity index (χ1v) is 8.10. The third kappa shape index (κ3) is 3.30. The van der Waals surface area contributed by atoms with Gasteiger partial charge in [0, 0.05) is 19.1 Å². The molecule has 0 atom stereocenters. The lowest BCUT2D eigenvalue weighted by atomic mass is 10.00. The molecule has 1 amide bonds. The van der Waals surface area contributed by atoms with Crippen molar-refractivity contribution in [2.45, 2.75) is 44.7 Å². The fraction of sp³-hybridized carbons (Fsp3) is 0.688. The van der Waals surface area contributed by atoms with Crippen molar-refractivity contribution in [3.63, 3.8) is 0 Å². The second kappa shape index (κ2) is 6.62. The summed E-state index contributed by atoms with van der Waals surface area (Å²) in [6.45, 7) is 4.47. The monoisotopic (exact) mass is 291 g/mol. The summed E-state index contributed by atoms with van der Waals surface area (Å²) in [5.41, 5.74) is 5.52. The van der Waals surface area contributed by atoms with Crippen LogP contribution in [0.2, 0.25) is 0 Å². The van der Waals surface area contributed by atoms with E-state index in [9.17, 15) is 4.79 Å². The van der Waals surface area contributed by atoms with E-state index in [0.717, 1.165) is 25.9 Å². The maximum absolute atomic E-state index is 12.4. The molecule has 0 spiro atoms. The van der Waals surface area contributed by atoms with Crippen LogP contribution in [0.1, 0.15) is 48.4 Å². The van der Waals surface area contributed by atoms with Crippen LogP contribution in [-0.4, -0.2) is 47.9 Å². The Hall–Kier alpha value is -1.33. The SMILES string of the molecule is NCc1ccc(C(=O)N2CCC(N3CCCCC3)CC2)o1. The van der Waals surface area contributed by atoms with Gasteiger partial charge >= 0.3 is 0 Å². The Morgan fingerprint density at radius 3 is 2.48 bits per heavy atom. The zero-order valence-corrected chi connectivity index (χ0v) is 12.6. The van der Waals surface area contributed by atoms with Crippen molar-refractivity contribution in [3.8, 4) is 0 Å². The lowest BCUT2D eigenvalue weighted by molar-refractivity contribution is 0.0561. The van der Waals surface area contributed by atoms with Gasteiger partial charge in [-0.05, 0) is 50.9 Å². The van der Waals surface area contributed by atoms with E-state index < -0.39 is 0 Å². The highest BCUT2D eigenvalue weighted by molar-refractivity contribution is 5.91. The molecule has 0 bridgehead atoms. The molecule has 0 radical (unpaired) electrons. The van der Waals surface area contributed by atoms with Gasteiger partial charge in [-0.2, -0.15) is 0 Å². The molecule has 2 N–H and O–H groups in total. The molecule has 2 saturated heterocycles. The van der Waals surface area contributed by atoms with Gasteiger partial charge in [-0.1, -0.05) is 6.42 Å². The summed E-state index contributed by atoms with van der Waals surface area (Å²) in [5, 5.41) is 0. The molecule has 5 heteroatoms. The smallest absolute Gasteiger partial charge is 0.289 e. The van der Waals surface area contributed by atoms with Crippen molar-refractivity contribution in [3.05, 3.63) is 23.7 Å². The molecule has 0 aliphatic carbocycles. The molecule has 0 unspecified atom stereocenters. The maximum atomic E-state index is 12.4. The second-order valence-electron chi connectivity index (χ2n) is 6.09. The minimum atomic E-state index is 0.00629. The van der Waals surface area contributed by atoms with E-state index in [1.165, 1.54) is 32.4 Å². The van der Waals surface area contributed by atoms with Crippen molar-refractivity contribution in [2.24, 2.45) is 5.73 Å². The van der Waals surface area contributed by atoms with E-state index in [1.807, 2.05) is 4.90 Å². The standard InChI is InChI=1S/C16H25N3O2/c17-12-14-4-5-15(21-14)16(20)19-10-6-13(7-11-19)18-8-2-1-3-9-18/h4-5,13H,1-3,6-12,17H2. The Balaban J connectivity index is 1.53. The Bertz CT molecular complexity index is 472. The lowest BCUT2D eigenvalue weighted by Gasteiger charge is -2.40. The molecular weight excluding hydrogens is 266 g/mol. The Morgan fingerprint density at radius 2 is 1.86 bits per heavy atom. The van der Waals surface area contributed by atoms with E-state index in [0.29, 0.717) is 24.1 Å². The first-order valence-electron chi connectivity index (χ1n) is 8.10. The van der Waals surface area contributed by atoms with E-state index in [4.69, 9.17) is 10.2 Å². The molecule has 1 aromatic heterocycles. The van der Waals surface area contributed by atoms with Crippen molar-refractivity contribution in [1.82, 2.24) is 9.80 Å². The summed E-state index contributed by atoms with van der Waals surface area (Å²) in [6, 6.07) is 4.18. The molecule has 2 aliphatic heterocycles. The zero-order chi connectivity index (χ0) is 14.7. The Kier molecular flexibility index (Phi) is 4.60. The van der Waals surface area contributed by atoms with Crippen LogP contribution in [0.5, 0.6) is 0 Å². The summed E-state index contributed by atoms with van der Waals surface area (Å²) in [5.74, 6) is 1.10. The van der Waals surface area contributed by atoms with E-state index >= 15 is 0 Å². The quantitative estimate of drug-likeness (QED) is 0.923. The van der Waals surface area contributed by atoms with Crippen LogP contribution >= 0.6 is 0 Å². The van der Waals surface area contributed by atoms with Gasteiger partial charge in [0.2, 0.25) is 0 Å². The molecule has 2 fully saturated rings. The molecule has 0 saturated carbocycles. The summed E-state index contributed by atoms with van der Waals surface area (Å²) >= 11 is 0. The van der Waals surface area contributed by atoms with Crippen molar-refractivity contribution < 1.29 is 9.21 Å². The summed E-state index contributed by atoms with van der Waals surface area (Å²) < 4.78 is 5.46. The van der Waals surface area contributed by atoms with Crippen molar-refractivity contribution >= 4 is 5.91 Å². The number of furan rings is 1. The van der Waals surface area contributed by atoms with Crippen molar-refractivity contribution in [2.75, 3.05) is 26.2 Å². The van der Waals surface area contributed by atoms with Gasteiger partial charge in [0.05, 0.1) is 6.54 Å². The molecule has 1 aromatic rings. The fourth-order valence-corrected chi connectivity index (χ4v) is 3.48. The first-order chi connectivity index (χ1) is 10.3. The van der Waals surface area contributed by atoms with Crippen LogP contribution in [0.4, 0.5) is 0 Å². The van der Waals surface area contributed by atoms with Crippen LogP contribution < -0.4 is 5.73 Å². The Labute approximate surface area is 126 Å². The zero-order valence-electron chi connectivity index (χ0n) is 12.6. The van der Waals surface area contributed by atoms with Crippen LogP contribution in [-0.2, 0) is 6.54 Å². The highest BCUT2D eigenvalue weighted by Crippen LogP contribution is 2.22. The number of hydrogen-bond donors (Lipinski definition) is 1. The highest BCUT2D eigenvalue weighted by atomic mass is 16.4. The summed E-state index contributed by atoms with van der Waals surface area (Å²) in [4.78, 5) is 16.9. The van der Waals surface area contributed by atoms with Gasteiger partial charge in [-0.15, -0.1) is 0 Å². The topological polar surface area (TPSA) is 62.7 Å². The largest absolute Gasteiger partial charge is 0.455 e. The predicted octanol–water partition coefficient (Wildman–Crippen LogP) is 1.83. The number of carbonyl (C=O) groups is 1. The van der Waals surface area contributed by atoms with Crippen molar-refractivity contribution in [1.29, 1.82) is 0 Å². The molecule has 3 heterocycles. The van der Waals surface area contributed by atoms with Gasteiger partial charge in [0.25, 0.3) is 5.91 Å². The van der Waals surface area contributed by atoms with Crippen LogP contribution in [0, 0.1) is 0 Å². The van der Waals surface area contributed by atoms with Gasteiger partial charge in [-0.3, -0.25) is 4.79 Å². The number of nitrogens with two attached hydrogens (primary N) is 1. The lowest BCUT2D eigenvalue weighted by Crippen LogP contribution is -2.48. The molecule has 116 valence electrons. The third-order valence-corrected chi connectivity index (χ3v) is 4.73. The molecule has 2 aliphatic rings. The number of rotatable bonds is 3. The van der Waals surface area contributed by atoms with Gasteiger partial charge in [0.15, 0.2) is 5.76 Å². The molecular formula is C16H25N3O2. The number of nitrogens with zero attached hydrogens (tertiary/aromatic N) is 2. The van der Waals surface area contributed by atoms with E-state index in [2.05, 4.69) is 4.90 Å². The fourth-order valence-electron chi connectivity index (χ4n) is 3.48. The predicted molar refractivity (Wildman–Crippen MR) is 80.9 cm³/mol. The third-order valence-electron chi connectivity index (χ3n) is 4.73. The van der Waals surface area contributed by atoms with Crippen LogP contribution in [0.15, 0.2) is 16.5 Å². The number of hydrogen-bond acceptors (Lipinski definition) is 4. The molecule has 0 aromatic carbocycles. The van der Waals surface area contributed by atoms with E-state index in [-0.39, 0.29) is 5.91 Å². The Morgan fingerprint density at radius 1 is 1.14 bits per heavy atom. The average molecular weight is 291 g/mol. The molecule has 21 heavy (non-hydrogen) atoms.